The second-order valence-corrected chi connectivity index (χ2v) is 3.76. The second-order valence-electron chi connectivity index (χ2n) is 3.76. The van der Waals surface area contributed by atoms with Crippen molar-refractivity contribution >= 4 is 11.7 Å². The van der Waals surface area contributed by atoms with Crippen LogP contribution in [0, 0.1) is 5.92 Å². The van der Waals surface area contributed by atoms with Crippen LogP contribution in [0.25, 0.3) is 10.4 Å². The van der Waals surface area contributed by atoms with Crippen LogP contribution in [0.4, 0.5) is 5.82 Å². The minimum Gasteiger partial charge on any atom is -0.313 e. The summed E-state index contributed by atoms with van der Waals surface area (Å²) in [4.78, 5) is 33.2. The van der Waals surface area contributed by atoms with Gasteiger partial charge in [0.2, 0.25) is 5.91 Å². The van der Waals surface area contributed by atoms with Crippen LogP contribution in [-0.2, 0) is 4.79 Å². The first-order chi connectivity index (χ1) is 8.20. The number of carbonyl (C=O) groups excluding carboxylic acids is 1. The molecule has 2 heterocycles. The third-order valence-electron chi connectivity index (χ3n) is 2.55. The Labute approximate surface area is 95.9 Å². The number of carbonyl (C=O) groups is 1. The molecule has 1 aromatic rings. The van der Waals surface area contributed by atoms with E-state index in [1.807, 2.05) is 0 Å². The fourth-order valence-corrected chi connectivity index (χ4v) is 1.78. The van der Waals surface area contributed by atoms with Gasteiger partial charge in [0, 0.05) is 30.5 Å². The Bertz CT molecular complexity index is 532. The molecule has 0 aromatic carbocycles. The Kier molecular flexibility index (Phi) is 3.06. The lowest BCUT2D eigenvalue weighted by Crippen LogP contribution is -2.27. The zero-order chi connectivity index (χ0) is 12.3. The topological polar surface area (TPSA) is 115 Å². The monoisotopic (exact) mass is 234 g/mol. The molecule has 8 nitrogen and oxygen atoms in total. The highest BCUT2D eigenvalue weighted by Gasteiger charge is 2.30. The number of nitrogens with zero attached hydrogens (tertiary/aromatic N) is 5. The van der Waals surface area contributed by atoms with Crippen molar-refractivity contribution in [1.82, 2.24) is 9.97 Å². The lowest BCUT2D eigenvalue weighted by Gasteiger charge is -2.14. The summed E-state index contributed by atoms with van der Waals surface area (Å²) in [5, 5.41) is 3.45. The molecule has 1 atom stereocenters. The summed E-state index contributed by atoms with van der Waals surface area (Å²) >= 11 is 0. The van der Waals surface area contributed by atoms with Gasteiger partial charge >= 0.3 is 0 Å². The van der Waals surface area contributed by atoms with Crippen LogP contribution < -0.4 is 10.5 Å². The van der Waals surface area contributed by atoms with Gasteiger partial charge in [-0.2, -0.15) is 0 Å². The van der Waals surface area contributed by atoms with Gasteiger partial charge in [0.1, 0.15) is 5.82 Å². The van der Waals surface area contributed by atoms with Crippen molar-refractivity contribution in [2.24, 2.45) is 11.0 Å². The van der Waals surface area contributed by atoms with E-state index in [-0.39, 0.29) is 23.9 Å². The third kappa shape index (κ3) is 2.43. The van der Waals surface area contributed by atoms with Gasteiger partial charge in [-0.25, -0.2) is 4.98 Å². The molecule has 0 saturated carbocycles. The Morgan fingerprint density at radius 2 is 2.47 bits per heavy atom. The molecule has 1 amide bonds. The molecule has 1 N–H and O–H groups in total. The van der Waals surface area contributed by atoms with Crippen molar-refractivity contribution in [3.63, 3.8) is 0 Å². The first kappa shape index (κ1) is 11.2. The van der Waals surface area contributed by atoms with Crippen molar-refractivity contribution in [3.8, 4) is 0 Å². The number of anilines is 1. The summed E-state index contributed by atoms with van der Waals surface area (Å²) in [5.74, 6) is 0.211. The molecule has 0 spiro atoms. The maximum absolute atomic E-state index is 11.7. The Hall–Kier alpha value is -2.34. The summed E-state index contributed by atoms with van der Waals surface area (Å²) in [6.07, 6.45) is 1.57. The van der Waals surface area contributed by atoms with Crippen molar-refractivity contribution in [1.29, 1.82) is 0 Å². The number of aromatic nitrogens is 2. The standard InChI is InChI=1S/C9H10N6O2/c10-14-13-3-6-1-9(17)15(4-6)7-2-8(16)12-5-11-7/h2,5-6H,1,3-4H2,(H,11,12,16). The molecule has 17 heavy (non-hydrogen) atoms. The molecule has 1 aliphatic rings. The number of H-pyrrole nitrogens is 1. The van der Waals surface area contributed by atoms with E-state index in [2.05, 4.69) is 20.0 Å². The maximum atomic E-state index is 11.7. The van der Waals surface area contributed by atoms with E-state index in [1.165, 1.54) is 17.3 Å². The van der Waals surface area contributed by atoms with E-state index >= 15 is 0 Å². The van der Waals surface area contributed by atoms with Crippen molar-refractivity contribution in [2.45, 2.75) is 6.42 Å². The van der Waals surface area contributed by atoms with Crippen LogP contribution in [-0.4, -0.2) is 29.0 Å². The van der Waals surface area contributed by atoms with Gasteiger partial charge in [-0.1, -0.05) is 5.11 Å². The van der Waals surface area contributed by atoms with Crippen LogP contribution in [0.5, 0.6) is 0 Å². The zero-order valence-corrected chi connectivity index (χ0v) is 8.91. The highest BCUT2D eigenvalue weighted by molar-refractivity contribution is 5.94. The molecular weight excluding hydrogens is 224 g/mol. The molecule has 1 saturated heterocycles. The maximum Gasteiger partial charge on any atom is 0.252 e. The number of rotatable bonds is 3. The average Bonchev–Trinajstić information content (AvgIpc) is 2.68. The molecule has 2 rings (SSSR count). The van der Waals surface area contributed by atoms with Crippen LogP contribution in [0.3, 0.4) is 0 Å². The third-order valence-corrected chi connectivity index (χ3v) is 2.55. The predicted molar refractivity (Wildman–Crippen MR) is 59.3 cm³/mol. The second kappa shape index (κ2) is 4.67. The Morgan fingerprint density at radius 1 is 1.65 bits per heavy atom. The van der Waals surface area contributed by atoms with Gasteiger partial charge in [-0.05, 0) is 11.4 Å². The van der Waals surface area contributed by atoms with E-state index in [1.54, 1.807) is 0 Å². The van der Waals surface area contributed by atoms with E-state index in [0.29, 0.717) is 18.8 Å². The summed E-state index contributed by atoms with van der Waals surface area (Å²) < 4.78 is 0. The van der Waals surface area contributed by atoms with Gasteiger partial charge in [0.15, 0.2) is 0 Å². The number of aromatic amines is 1. The summed E-state index contributed by atoms with van der Waals surface area (Å²) in [7, 11) is 0. The van der Waals surface area contributed by atoms with Gasteiger partial charge in [-0.3, -0.25) is 14.5 Å². The van der Waals surface area contributed by atoms with Crippen LogP contribution in [0.2, 0.25) is 0 Å². The number of nitrogens with one attached hydrogen (secondary N) is 1. The minimum atomic E-state index is -0.304. The zero-order valence-electron chi connectivity index (χ0n) is 8.91. The molecule has 0 bridgehead atoms. The highest BCUT2D eigenvalue weighted by Crippen LogP contribution is 2.22. The van der Waals surface area contributed by atoms with Crippen LogP contribution >= 0.6 is 0 Å². The largest absolute Gasteiger partial charge is 0.313 e. The SMILES string of the molecule is [N-]=[N+]=NCC1CC(=O)N(c2cc(=O)[nH]cn2)C1. The molecule has 0 aliphatic carbocycles. The molecule has 1 unspecified atom stereocenters. The molecule has 1 aromatic heterocycles. The average molecular weight is 234 g/mol. The smallest absolute Gasteiger partial charge is 0.252 e. The van der Waals surface area contributed by atoms with Crippen molar-refractivity contribution in [2.75, 3.05) is 18.0 Å². The first-order valence-electron chi connectivity index (χ1n) is 5.06. The molecule has 1 fully saturated rings. The van der Waals surface area contributed by atoms with Crippen LogP contribution in [0.1, 0.15) is 6.42 Å². The van der Waals surface area contributed by atoms with E-state index < -0.39 is 0 Å². The van der Waals surface area contributed by atoms with Crippen LogP contribution in [0.15, 0.2) is 22.3 Å². The fraction of sp³-hybridized carbons (Fsp3) is 0.444. The van der Waals surface area contributed by atoms with E-state index in [4.69, 9.17) is 5.53 Å². The number of amides is 1. The number of hydrogen-bond acceptors (Lipinski definition) is 4. The Morgan fingerprint density at radius 3 is 3.18 bits per heavy atom. The van der Waals surface area contributed by atoms with Gasteiger partial charge < -0.3 is 4.98 Å². The highest BCUT2D eigenvalue weighted by atomic mass is 16.2. The quantitative estimate of drug-likeness (QED) is 0.464. The molecule has 1 aliphatic heterocycles. The van der Waals surface area contributed by atoms with Crippen molar-refractivity contribution < 1.29 is 4.79 Å². The molecule has 88 valence electrons. The molecular formula is C9H10N6O2. The fourth-order valence-electron chi connectivity index (χ4n) is 1.78. The Balaban J connectivity index is 2.15. The van der Waals surface area contributed by atoms with Gasteiger partial charge in [-0.15, -0.1) is 0 Å². The molecule has 0 radical (unpaired) electrons. The summed E-state index contributed by atoms with van der Waals surface area (Å²) in [6, 6.07) is 1.27. The molecule has 8 heteroatoms. The normalized spacial score (nSPS) is 19.2. The summed E-state index contributed by atoms with van der Waals surface area (Å²) in [6.45, 7) is 0.705. The van der Waals surface area contributed by atoms with Gasteiger partial charge in [0.05, 0.1) is 6.33 Å². The number of azide groups is 1. The summed E-state index contributed by atoms with van der Waals surface area (Å²) in [5.41, 5.74) is 7.91. The lowest BCUT2D eigenvalue weighted by molar-refractivity contribution is -0.117. The lowest BCUT2D eigenvalue weighted by atomic mass is 10.1. The van der Waals surface area contributed by atoms with Gasteiger partial charge in [0.25, 0.3) is 5.56 Å². The van der Waals surface area contributed by atoms with E-state index in [9.17, 15) is 9.59 Å². The van der Waals surface area contributed by atoms with Crippen molar-refractivity contribution in [3.05, 3.63) is 33.2 Å². The first-order valence-corrected chi connectivity index (χ1v) is 5.06. The number of hydrogen-bond donors (Lipinski definition) is 1. The predicted octanol–water partition coefficient (Wildman–Crippen LogP) is 0.433. The van der Waals surface area contributed by atoms with E-state index in [0.717, 1.165) is 0 Å². The minimum absolute atomic E-state index is 0.0144.